The van der Waals surface area contributed by atoms with Crippen LogP contribution in [0.2, 0.25) is 0 Å². The summed E-state index contributed by atoms with van der Waals surface area (Å²) >= 11 is 0. The van der Waals surface area contributed by atoms with E-state index in [0.717, 1.165) is 30.7 Å². The summed E-state index contributed by atoms with van der Waals surface area (Å²) in [6.07, 6.45) is 2.56. The lowest BCUT2D eigenvalue weighted by Crippen LogP contribution is -2.54. The minimum atomic E-state index is -0.308. The van der Waals surface area contributed by atoms with Gasteiger partial charge in [0, 0.05) is 18.7 Å². The number of aliphatic hydroxyl groups is 1. The highest BCUT2D eigenvalue weighted by molar-refractivity contribution is 5.48. The van der Waals surface area contributed by atoms with Crippen LogP contribution in [0.3, 0.4) is 0 Å². The third-order valence-corrected chi connectivity index (χ3v) is 4.29. The summed E-state index contributed by atoms with van der Waals surface area (Å²) in [5.41, 5.74) is 0.526. The van der Waals surface area contributed by atoms with Gasteiger partial charge in [-0.1, -0.05) is 6.92 Å². The van der Waals surface area contributed by atoms with E-state index in [-0.39, 0.29) is 17.7 Å². The molecule has 2 N–H and O–H groups in total. The van der Waals surface area contributed by atoms with Gasteiger partial charge in [0.2, 0.25) is 0 Å². The lowest BCUT2D eigenvalue weighted by molar-refractivity contribution is -0.0973. The van der Waals surface area contributed by atoms with E-state index in [2.05, 4.69) is 19.2 Å². The van der Waals surface area contributed by atoms with Crippen LogP contribution in [0.1, 0.15) is 33.1 Å². The fourth-order valence-electron chi connectivity index (χ4n) is 2.84. The van der Waals surface area contributed by atoms with E-state index in [1.807, 2.05) is 24.3 Å². The molecular weight excluding hydrogens is 254 g/mol. The highest BCUT2D eigenvalue weighted by atomic mass is 16.5. The van der Waals surface area contributed by atoms with Crippen LogP contribution in [0, 0.1) is 0 Å². The zero-order valence-corrected chi connectivity index (χ0v) is 12.6. The first-order valence-corrected chi connectivity index (χ1v) is 7.22. The molecule has 2 atom stereocenters. The molecule has 0 amide bonds. The van der Waals surface area contributed by atoms with Crippen LogP contribution >= 0.6 is 0 Å². The first-order valence-electron chi connectivity index (χ1n) is 7.22. The fraction of sp³-hybridized carbons (Fsp3) is 0.625. The van der Waals surface area contributed by atoms with Crippen LogP contribution < -0.4 is 10.1 Å². The molecule has 0 spiro atoms. The van der Waals surface area contributed by atoms with Crippen molar-refractivity contribution in [3.05, 3.63) is 24.3 Å². The van der Waals surface area contributed by atoms with Gasteiger partial charge in [-0.3, -0.25) is 0 Å². The van der Waals surface area contributed by atoms with E-state index in [4.69, 9.17) is 9.47 Å². The molecule has 1 aliphatic rings. The molecule has 0 radical (unpaired) electrons. The fourth-order valence-corrected chi connectivity index (χ4v) is 2.84. The zero-order valence-electron chi connectivity index (χ0n) is 12.6. The SMILES string of the molecule is CCC1(C)CC(CO)(Nc2ccc(OC)cc2)CCO1. The molecule has 20 heavy (non-hydrogen) atoms. The molecule has 4 heteroatoms. The van der Waals surface area contributed by atoms with Gasteiger partial charge in [0.25, 0.3) is 0 Å². The monoisotopic (exact) mass is 279 g/mol. The summed E-state index contributed by atoms with van der Waals surface area (Å²) in [6.45, 7) is 5.03. The quantitative estimate of drug-likeness (QED) is 0.870. The van der Waals surface area contributed by atoms with Crippen molar-refractivity contribution < 1.29 is 14.6 Å². The summed E-state index contributed by atoms with van der Waals surface area (Å²) < 4.78 is 11.0. The van der Waals surface area contributed by atoms with Gasteiger partial charge in [0.15, 0.2) is 0 Å². The predicted molar refractivity (Wildman–Crippen MR) is 80.3 cm³/mol. The number of rotatable bonds is 5. The van der Waals surface area contributed by atoms with E-state index in [1.165, 1.54) is 0 Å². The Morgan fingerprint density at radius 2 is 2.05 bits per heavy atom. The molecule has 1 saturated heterocycles. The molecule has 1 aromatic rings. The van der Waals surface area contributed by atoms with Crippen LogP contribution in [-0.4, -0.2) is 36.6 Å². The number of anilines is 1. The van der Waals surface area contributed by atoms with Gasteiger partial charge in [-0.25, -0.2) is 0 Å². The summed E-state index contributed by atoms with van der Waals surface area (Å²) in [5.74, 6) is 0.832. The maximum atomic E-state index is 9.89. The van der Waals surface area contributed by atoms with Crippen molar-refractivity contribution >= 4 is 5.69 Å². The average molecular weight is 279 g/mol. The van der Waals surface area contributed by atoms with Crippen molar-refractivity contribution in [1.82, 2.24) is 0 Å². The molecule has 0 bridgehead atoms. The van der Waals surface area contributed by atoms with Crippen molar-refractivity contribution in [2.75, 3.05) is 25.6 Å². The Hall–Kier alpha value is -1.26. The Balaban J connectivity index is 2.14. The van der Waals surface area contributed by atoms with Gasteiger partial charge in [-0.15, -0.1) is 0 Å². The van der Waals surface area contributed by atoms with Gasteiger partial charge in [0.1, 0.15) is 5.75 Å². The summed E-state index contributed by atoms with van der Waals surface area (Å²) in [4.78, 5) is 0. The summed E-state index contributed by atoms with van der Waals surface area (Å²) in [7, 11) is 1.66. The second kappa shape index (κ2) is 6.02. The normalized spacial score (nSPS) is 30.0. The molecule has 112 valence electrons. The molecule has 0 saturated carbocycles. The molecule has 1 aromatic carbocycles. The highest BCUT2D eigenvalue weighted by Gasteiger charge is 2.42. The number of benzene rings is 1. The number of methoxy groups -OCH3 is 1. The van der Waals surface area contributed by atoms with Crippen molar-refractivity contribution in [2.45, 2.75) is 44.2 Å². The maximum absolute atomic E-state index is 9.89. The maximum Gasteiger partial charge on any atom is 0.119 e. The van der Waals surface area contributed by atoms with Gasteiger partial charge >= 0.3 is 0 Å². The van der Waals surface area contributed by atoms with Gasteiger partial charge in [0.05, 0.1) is 24.9 Å². The second-order valence-electron chi connectivity index (χ2n) is 5.87. The highest BCUT2D eigenvalue weighted by Crippen LogP contribution is 2.36. The molecule has 0 aromatic heterocycles. The molecule has 0 aliphatic carbocycles. The van der Waals surface area contributed by atoms with E-state index < -0.39 is 0 Å². The van der Waals surface area contributed by atoms with Crippen molar-refractivity contribution in [1.29, 1.82) is 0 Å². The second-order valence-corrected chi connectivity index (χ2v) is 5.87. The van der Waals surface area contributed by atoms with E-state index in [0.29, 0.717) is 6.61 Å². The van der Waals surface area contributed by atoms with Gasteiger partial charge in [-0.2, -0.15) is 0 Å². The number of nitrogens with one attached hydrogen (secondary N) is 1. The Morgan fingerprint density at radius 3 is 2.60 bits per heavy atom. The topological polar surface area (TPSA) is 50.7 Å². The Morgan fingerprint density at radius 1 is 1.35 bits per heavy atom. The average Bonchev–Trinajstić information content (AvgIpc) is 2.48. The first-order chi connectivity index (χ1) is 9.55. The van der Waals surface area contributed by atoms with E-state index >= 15 is 0 Å². The predicted octanol–water partition coefficient (Wildman–Crippen LogP) is 2.82. The zero-order chi connectivity index (χ0) is 14.6. The smallest absolute Gasteiger partial charge is 0.119 e. The third kappa shape index (κ3) is 3.25. The number of ether oxygens (including phenoxy) is 2. The van der Waals surface area contributed by atoms with Crippen molar-refractivity contribution in [3.8, 4) is 5.75 Å². The summed E-state index contributed by atoms with van der Waals surface area (Å²) in [5, 5.41) is 13.4. The first kappa shape index (κ1) is 15.1. The minimum Gasteiger partial charge on any atom is -0.497 e. The molecular formula is C16H25NO3. The Bertz CT molecular complexity index is 434. The molecule has 1 aliphatic heterocycles. The van der Waals surface area contributed by atoms with E-state index in [1.54, 1.807) is 7.11 Å². The molecule has 2 unspecified atom stereocenters. The largest absolute Gasteiger partial charge is 0.497 e. The molecule has 4 nitrogen and oxygen atoms in total. The number of hydrogen-bond acceptors (Lipinski definition) is 4. The van der Waals surface area contributed by atoms with Crippen LogP contribution in [0.25, 0.3) is 0 Å². The Kier molecular flexibility index (Phi) is 4.55. The number of aliphatic hydroxyl groups excluding tert-OH is 1. The molecule has 2 rings (SSSR count). The van der Waals surface area contributed by atoms with Crippen LogP contribution in [0.4, 0.5) is 5.69 Å². The molecule has 1 heterocycles. The third-order valence-electron chi connectivity index (χ3n) is 4.29. The van der Waals surface area contributed by atoms with Crippen molar-refractivity contribution in [2.24, 2.45) is 0 Å². The van der Waals surface area contributed by atoms with Crippen LogP contribution in [0.5, 0.6) is 5.75 Å². The minimum absolute atomic E-state index is 0.109. The standard InChI is InChI=1S/C16H25NO3/c1-4-15(2)11-16(12-18,9-10-20-15)17-13-5-7-14(19-3)8-6-13/h5-8,17-18H,4,9-12H2,1-3H3. The Labute approximate surface area is 121 Å². The summed E-state index contributed by atoms with van der Waals surface area (Å²) in [6, 6.07) is 7.81. The lowest BCUT2D eigenvalue weighted by atomic mass is 9.79. The number of hydrogen-bond donors (Lipinski definition) is 2. The lowest BCUT2D eigenvalue weighted by Gasteiger charge is -2.46. The van der Waals surface area contributed by atoms with Crippen LogP contribution in [0.15, 0.2) is 24.3 Å². The van der Waals surface area contributed by atoms with Gasteiger partial charge < -0.3 is 19.9 Å². The molecule has 1 fully saturated rings. The van der Waals surface area contributed by atoms with Gasteiger partial charge in [-0.05, 0) is 44.0 Å². The van der Waals surface area contributed by atoms with Crippen LogP contribution in [-0.2, 0) is 4.74 Å². The van der Waals surface area contributed by atoms with E-state index in [9.17, 15) is 5.11 Å². The van der Waals surface area contributed by atoms with Crippen molar-refractivity contribution in [3.63, 3.8) is 0 Å².